The molecule has 0 N–H and O–H groups in total. The largest absolute Gasteiger partial charge is 0.376 e. The van der Waals surface area contributed by atoms with E-state index in [1.54, 1.807) is 12.1 Å². The van der Waals surface area contributed by atoms with Crippen LogP contribution in [0, 0.1) is 12.7 Å². The fourth-order valence-corrected chi connectivity index (χ4v) is 2.51. The van der Waals surface area contributed by atoms with E-state index < -0.39 is 15.9 Å². The maximum Gasteiger partial charge on any atom is 0.339 e. The Morgan fingerprint density at radius 3 is 2.32 bits per heavy atom. The van der Waals surface area contributed by atoms with Gasteiger partial charge in [-0.2, -0.15) is 8.42 Å². The van der Waals surface area contributed by atoms with Gasteiger partial charge in [-0.3, -0.25) is 0 Å². The minimum atomic E-state index is -4.05. The van der Waals surface area contributed by atoms with Crippen LogP contribution in [-0.4, -0.2) is 8.42 Å². The monoisotopic (exact) mass is 300 g/mol. The topological polar surface area (TPSA) is 43.4 Å². The van der Waals surface area contributed by atoms with Crippen LogP contribution in [-0.2, 0) is 10.1 Å². The first-order valence-corrected chi connectivity index (χ1v) is 7.13. The minimum Gasteiger partial charge on any atom is -0.376 e. The van der Waals surface area contributed by atoms with Crippen molar-refractivity contribution in [2.45, 2.75) is 11.8 Å². The summed E-state index contributed by atoms with van der Waals surface area (Å²) in [4.78, 5) is -0.0348. The average Bonchev–Trinajstić information content (AvgIpc) is 2.33. The van der Waals surface area contributed by atoms with E-state index in [1.165, 1.54) is 24.3 Å². The van der Waals surface area contributed by atoms with E-state index in [1.807, 2.05) is 6.92 Å². The van der Waals surface area contributed by atoms with Gasteiger partial charge in [0.2, 0.25) is 0 Å². The molecule has 0 unspecified atom stereocenters. The molecule has 0 saturated carbocycles. The highest BCUT2D eigenvalue weighted by Gasteiger charge is 2.18. The lowest BCUT2D eigenvalue weighted by atomic mass is 10.2. The first-order valence-electron chi connectivity index (χ1n) is 5.35. The van der Waals surface area contributed by atoms with E-state index >= 15 is 0 Å². The van der Waals surface area contributed by atoms with E-state index in [-0.39, 0.29) is 15.7 Å². The Kier molecular flexibility index (Phi) is 3.78. The lowest BCUT2D eigenvalue weighted by Gasteiger charge is -2.08. The molecule has 0 amide bonds. The molecule has 0 aromatic heterocycles. The number of hydrogen-bond donors (Lipinski definition) is 0. The summed E-state index contributed by atoms with van der Waals surface area (Å²) in [5, 5.41) is 0.164. The molecule has 6 heteroatoms. The van der Waals surface area contributed by atoms with Gasteiger partial charge < -0.3 is 4.18 Å². The van der Waals surface area contributed by atoms with Gasteiger partial charge in [-0.25, -0.2) is 4.39 Å². The van der Waals surface area contributed by atoms with Gasteiger partial charge in [0.25, 0.3) is 0 Å². The van der Waals surface area contributed by atoms with Crippen molar-refractivity contribution < 1.29 is 17.0 Å². The third kappa shape index (κ3) is 3.24. The lowest BCUT2D eigenvalue weighted by Crippen LogP contribution is -2.10. The maximum absolute atomic E-state index is 13.5. The fraction of sp³-hybridized carbons (Fsp3) is 0.0769. The van der Waals surface area contributed by atoms with Crippen molar-refractivity contribution in [2.24, 2.45) is 0 Å². The highest BCUT2D eigenvalue weighted by molar-refractivity contribution is 7.87. The Hall–Kier alpha value is -1.59. The van der Waals surface area contributed by atoms with Crippen molar-refractivity contribution in [2.75, 3.05) is 0 Å². The minimum absolute atomic E-state index is 0.0348. The molecule has 0 atom stereocenters. The van der Waals surface area contributed by atoms with Crippen LogP contribution < -0.4 is 4.18 Å². The SMILES string of the molecule is Cc1ccc(S(=O)(=O)Oc2ccc(Cl)cc2F)cc1. The first-order chi connectivity index (χ1) is 8.88. The van der Waals surface area contributed by atoms with Crippen LogP contribution in [0.25, 0.3) is 0 Å². The third-order valence-electron chi connectivity index (χ3n) is 2.40. The number of hydrogen-bond acceptors (Lipinski definition) is 3. The Bertz CT molecular complexity index is 696. The molecule has 3 nitrogen and oxygen atoms in total. The molecule has 0 fully saturated rings. The molecule has 0 heterocycles. The molecule has 0 aliphatic rings. The second-order valence-corrected chi connectivity index (χ2v) is 5.91. The molecule has 0 bridgehead atoms. The predicted molar refractivity (Wildman–Crippen MR) is 70.4 cm³/mol. The molecule has 0 saturated heterocycles. The van der Waals surface area contributed by atoms with Crippen LogP contribution in [0.4, 0.5) is 4.39 Å². The first kappa shape index (κ1) is 13.8. The number of benzene rings is 2. The van der Waals surface area contributed by atoms with E-state index in [0.29, 0.717) is 0 Å². The highest BCUT2D eigenvalue weighted by atomic mass is 35.5. The summed E-state index contributed by atoms with van der Waals surface area (Å²) in [6.45, 7) is 1.83. The highest BCUT2D eigenvalue weighted by Crippen LogP contribution is 2.24. The summed E-state index contributed by atoms with van der Waals surface area (Å²) < 4.78 is 42.1. The van der Waals surface area contributed by atoms with Crippen LogP contribution in [0.15, 0.2) is 47.4 Å². The van der Waals surface area contributed by atoms with Gasteiger partial charge in [-0.05, 0) is 37.3 Å². The van der Waals surface area contributed by atoms with Gasteiger partial charge in [0, 0.05) is 5.02 Å². The Morgan fingerprint density at radius 1 is 1.11 bits per heavy atom. The van der Waals surface area contributed by atoms with E-state index in [0.717, 1.165) is 11.6 Å². The number of rotatable bonds is 3. The Morgan fingerprint density at radius 2 is 1.74 bits per heavy atom. The molecule has 2 rings (SSSR count). The van der Waals surface area contributed by atoms with E-state index in [4.69, 9.17) is 15.8 Å². The summed E-state index contributed by atoms with van der Waals surface area (Å²) in [7, 11) is -4.05. The number of aryl methyl sites for hydroxylation is 1. The fourth-order valence-electron chi connectivity index (χ4n) is 1.41. The predicted octanol–water partition coefficient (Wildman–Crippen LogP) is 3.56. The summed E-state index contributed by atoms with van der Waals surface area (Å²) >= 11 is 5.58. The van der Waals surface area contributed by atoms with Crippen LogP contribution in [0.5, 0.6) is 5.75 Å². The molecule has 2 aromatic rings. The van der Waals surface area contributed by atoms with Crippen molar-refractivity contribution in [3.05, 3.63) is 58.9 Å². The van der Waals surface area contributed by atoms with Crippen molar-refractivity contribution >= 4 is 21.7 Å². The summed E-state index contributed by atoms with van der Waals surface area (Å²) in [5.41, 5.74) is 0.914. The van der Waals surface area contributed by atoms with Crippen LogP contribution in [0.3, 0.4) is 0 Å². The second kappa shape index (κ2) is 5.19. The zero-order valence-corrected chi connectivity index (χ0v) is 11.5. The lowest BCUT2D eigenvalue weighted by molar-refractivity contribution is 0.461. The molecule has 0 aliphatic carbocycles. The second-order valence-electron chi connectivity index (χ2n) is 3.93. The molecule has 0 radical (unpaired) electrons. The smallest absolute Gasteiger partial charge is 0.339 e. The van der Waals surface area contributed by atoms with Gasteiger partial charge in [-0.15, -0.1) is 0 Å². The van der Waals surface area contributed by atoms with E-state index in [2.05, 4.69) is 0 Å². The molecular weight excluding hydrogens is 291 g/mol. The average molecular weight is 301 g/mol. The third-order valence-corrected chi connectivity index (χ3v) is 3.89. The molecule has 0 aliphatic heterocycles. The molecule has 2 aromatic carbocycles. The summed E-state index contributed by atoms with van der Waals surface area (Å²) in [6, 6.07) is 9.58. The van der Waals surface area contributed by atoms with Gasteiger partial charge in [0.05, 0.1) is 0 Å². The van der Waals surface area contributed by atoms with Gasteiger partial charge in [-0.1, -0.05) is 29.3 Å². The van der Waals surface area contributed by atoms with Crippen LogP contribution >= 0.6 is 11.6 Å². The normalized spacial score (nSPS) is 11.3. The summed E-state index contributed by atoms with van der Waals surface area (Å²) in [6.07, 6.45) is 0. The van der Waals surface area contributed by atoms with E-state index in [9.17, 15) is 12.8 Å². The molecular formula is C13H10ClFO3S. The summed E-state index contributed by atoms with van der Waals surface area (Å²) in [5.74, 6) is -1.21. The van der Waals surface area contributed by atoms with Crippen molar-refractivity contribution in [3.63, 3.8) is 0 Å². The zero-order chi connectivity index (χ0) is 14.0. The maximum atomic E-state index is 13.5. The van der Waals surface area contributed by atoms with Crippen molar-refractivity contribution in [1.29, 1.82) is 0 Å². The van der Waals surface area contributed by atoms with Gasteiger partial charge in [0.1, 0.15) is 4.90 Å². The van der Waals surface area contributed by atoms with Crippen LogP contribution in [0.1, 0.15) is 5.56 Å². The molecule has 0 spiro atoms. The standard InChI is InChI=1S/C13H10ClFO3S/c1-9-2-5-11(6-3-9)19(16,17)18-13-7-4-10(14)8-12(13)15/h2-8H,1H3. The van der Waals surface area contributed by atoms with Crippen molar-refractivity contribution in [3.8, 4) is 5.75 Å². The molecule has 100 valence electrons. The Balaban J connectivity index is 2.33. The Labute approximate surface area is 115 Å². The van der Waals surface area contributed by atoms with Crippen molar-refractivity contribution in [1.82, 2.24) is 0 Å². The van der Waals surface area contributed by atoms with Gasteiger partial charge in [0.15, 0.2) is 11.6 Å². The van der Waals surface area contributed by atoms with Crippen LogP contribution in [0.2, 0.25) is 5.02 Å². The number of halogens is 2. The van der Waals surface area contributed by atoms with Gasteiger partial charge >= 0.3 is 10.1 Å². The molecule has 19 heavy (non-hydrogen) atoms. The quantitative estimate of drug-likeness (QED) is 0.814. The zero-order valence-electron chi connectivity index (χ0n) is 9.93.